The molecule has 0 radical (unpaired) electrons. The van der Waals surface area contributed by atoms with Crippen molar-refractivity contribution in [2.75, 3.05) is 18.4 Å². The fourth-order valence-corrected chi connectivity index (χ4v) is 3.59. The third kappa shape index (κ3) is 2.34. The van der Waals surface area contributed by atoms with Gasteiger partial charge in [-0.3, -0.25) is 4.90 Å². The van der Waals surface area contributed by atoms with E-state index >= 15 is 0 Å². The van der Waals surface area contributed by atoms with Crippen LogP contribution in [0.25, 0.3) is 0 Å². The lowest BCUT2D eigenvalue weighted by Crippen LogP contribution is -2.41. The molecule has 0 aliphatic carbocycles. The first-order valence-corrected chi connectivity index (χ1v) is 7.46. The Morgan fingerprint density at radius 3 is 2.89 bits per heavy atom. The van der Waals surface area contributed by atoms with Gasteiger partial charge in [0.1, 0.15) is 0 Å². The van der Waals surface area contributed by atoms with Crippen LogP contribution in [0.4, 0.5) is 5.69 Å². The van der Waals surface area contributed by atoms with E-state index in [9.17, 15) is 0 Å². The van der Waals surface area contributed by atoms with Crippen LogP contribution in [0.3, 0.4) is 0 Å². The minimum absolute atomic E-state index is 0.515. The van der Waals surface area contributed by atoms with Crippen molar-refractivity contribution in [3.63, 3.8) is 0 Å². The molecule has 2 saturated heterocycles. The number of nitrogens with one attached hydrogen (secondary N) is 1. The summed E-state index contributed by atoms with van der Waals surface area (Å²) in [6, 6.07) is 6.98. The van der Waals surface area contributed by atoms with Crippen LogP contribution in [0.15, 0.2) is 18.2 Å². The summed E-state index contributed by atoms with van der Waals surface area (Å²) in [4.78, 5) is 2.61. The van der Waals surface area contributed by atoms with Crippen molar-refractivity contribution in [1.29, 1.82) is 0 Å². The molecule has 2 heterocycles. The van der Waals surface area contributed by atoms with Crippen LogP contribution in [0.2, 0.25) is 10.0 Å². The molecule has 2 aliphatic heterocycles. The van der Waals surface area contributed by atoms with E-state index in [4.69, 9.17) is 23.2 Å². The Morgan fingerprint density at radius 1 is 1.11 bits per heavy atom. The molecule has 2 aliphatic rings. The molecule has 18 heavy (non-hydrogen) atoms. The van der Waals surface area contributed by atoms with Gasteiger partial charge in [-0.15, -0.1) is 0 Å². The molecule has 1 N–H and O–H groups in total. The van der Waals surface area contributed by atoms with Gasteiger partial charge in [0.15, 0.2) is 0 Å². The first-order chi connectivity index (χ1) is 8.75. The maximum absolute atomic E-state index is 6.24. The highest BCUT2D eigenvalue weighted by atomic mass is 35.5. The zero-order valence-electron chi connectivity index (χ0n) is 10.3. The second-order valence-corrected chi connectivity index (χ2v) is 6.03. The molecule has 1 aromatic carbocycles. The quantitative estimate of drug-likeness (QED) is 0.882. The fraction of sp³-hybridized carbons (Fsp3) is 0.571. The Morgan fingerprint density at radius 2 is 2.00 bits per heavy atom. The number of anilines is 1. The number of benzene rings is 1. The molecule has 0 saturated carbocycles. The van der Waals surface area contributed by atoms with E-state index in [0.717, 1.165) is 5.69 Å². The minimum atomic E-state index is 0.515. The number of piperidine rings is 1. The number of rotatable bonds is 2. The van der Waals surface area contributed by atoms with Gasteiger partial charge in [0, 0.05) is 18.6 Å². The largest absolute Gasteiger partial charge is 0.379 e. The van der Waals surface area contributed by atoms with E-state index in [1.807, 2.05) is 18.2 Å². The first kappa shape index (κ1) is 12.6. The molecule has 98 valence electrons. The van der Waals surface area contributed by atoms with E-state index in [2.05, 4.69) is 10.2 Å². The molecule has 0 amide bonds. The highest BCUT2D eigenvalue weighted by molar-refractivity contribution is 6.43. The normalized spacial score (nSPS) is 28.1. The van der Waals surface area contributed by atoms with Crippen molar-refractivity contribution in [2.45, 2.75) is 37.8 Å². The molecule has 2 fully saturated rings. The van der Waals surface area contributed by atoms with E-state index < -0.39 is 0 Å². The van der Waals surface area contributed by atoms with Gasteiger partial charge in [-0.2, -0.15) is 0 Å². The number of nitrogens with zero attached hydrogens (tertiary/aromatic N) is 1. The van der Waals surface area contributed by atoms with Crippen LogP contribution in [0.5, 0.6) is 0 Å². The van der Waals surface area contributed by atoms with Gasteiger partial charge >= 0.3 is 0 Å². The zero-order valence-corrected chi connectivity index (χ0v) is 11.8. The summed E-state index contributed by atoms with van der Waals surface area (Å²) >= 11 is 12.3. The van der Waals surface area contributed by atoms with E-state index in [0.29, 0.717) is 22.1 Å². The third-order valence-corrected chi connectivity index (χ3v) is 4.97. The molecule has 0 bridgehead atoms. The lowest BCUT2D eigenvalue weighted by atomic mass is 9.99. The molecule has 2 nitrogen and oxygen atoms in total. The van der Waals surface area contributed by atoms with Crippen LogP contribution >= 0.6 is 23.2 Å². The second-order valence-electron chi connectivity index (χ2n) is 5.24. The predicted octanol–water partition coefficient (Wildman–Crippen LogP) is 4.03. The van der Waals surface area contributed by atoms with Crippen molar-refractivity contribution >= 4 is 28.9 Å². The highest BCUT2D eigenvalue weighted by Gasteiger charge is 2.35. The SMILES string of the molecule is Clc1cccc(NC2CCN3CCCCC23)c1Cl. The smallest absolute Gasteiger partial charge is 0.0823 e. The maximum atomic E-state index is 6.24. The molecule has 3 rings (SSSR count). The summed E-state index contributed by atoms with van der Waals surface area (Å²) in [5.74, 6) is 0. The Hall–Kier alpha value is -0.440. The lowest BCUT2D eigenvalue weighted by Gasteiger charge is -2.33. The summed E-state index contributed by atoms with van der Waals surface area (Å²) < 4.78 is 0. The Bertz CT molecular complexity index is 436. The van der Waals surface area contributed by atoms with Crippen molar-refractivity contribution in [1.82, 2.24) is 4.90 Å². The Labute approximate surface area is 118 Å². The van der Waals surface area contributed by atoms with Crippen LogP contribution in [0.1, 0.15) is 25.7 Å². The van der Waals surface area contributed by atoms with Gasteiger partial charge in [-0.25, -0.2) is 0 Å². The molecule has 0 spiro atoms. The van der Waals surface area contributed by atoms with E-state index in [1.54, 1.807) is 0 Å². The average Bonchev–Trinajstić information content (AvgIpc) is 2.79. The van der Waals surface area contributed by atoms with Gasteiger partial charge in [-0.1, -0.05) is 35.7 Å². The van der Waals surface area contributed by atoms with Crippen LogP contribution in [-0.2, 0) is 0 Å². The second kappa shape index (κ2) is 5.28. The van der Waals surface area contributed by atoms with E-state index in [1.165, 1.54) is 38.8 Å². The predicted molar refractivity (Wildman–Crippen MR) is 77.7 cm³/mol. The summed E-state index contributed by atoms with van der Waals surface area (Å²) in [5.41, 5.74) is 0.974. The minimum Gasteiger partial charge on any atom is -0.379 e. The van der Waals surface area contributed by atoms with Crippen molar-refractivity contribution < 1.29 is 0 Å². The monoisotopic (exact) mass is 284 g/mol. The van der Waals surface area contributed by atoms with E-state index in [-0.39, 0.29) is 0 Å². The zero-order chi connectivity index (χ0) is 12.5. The highest BCUT2D eigenvalue weighted by Crippen LogP contribution is 2.34. The van der Waals surface area contributed by atoms with Crippen LogP contribution < -0.4 is 5.32 Å². The van der Waals surface area contributed by atoms with Crippen LogP contribution in [0, 0.1) is 0 Å². The summed E-state index contributed by atoms with van der Waals surface area (Å²) in [6.45, 7) is 2.46. The van der Waals surface area contributed by atoms with Gasteiger partial charge in [-0.05, 0) is 37.9 Å². The van der Waals surface area contributed by atoms with Gasteiger partial charge < -0.3 is 5.32 Å². The standard InChI is InChI=1S/C14H18Cl2N2/c15-10-4-3-5-12(14(10)16)17-11-7-9-18-8-2-1-6-13(11)18/h3-5,11,13,17H,1-2,6-9H2. The summed E-state index contributed by atoms with van der Waals surface area (Å²) in [7, 11) is 0. The number of halogens is 2. The molecule has 4 heteroatoms. The molecule has 1 aromatic rings. The lowest BCUT2D eigenvalue weighted by molar-refractivity contribution is 0.193. The number of hydrogen-bond acceptors (Lipinski definition) is 2. The van der Waals surface area contributed by atoms with Crippen LogP contribution in [-0.4, -0.2) is 30.1 Å². The van der Waals surface area contributed by atoms with Crippen molar-refractivity contribution in [3.8, 4) is 0 Å². The number of fused-ring (bicyclic) bond motifs is 1. The average molecular weight is 285 g/mol. The molecular formula is C14H18Cl2N2. The molecule has 2 atom stereocenters. The maximum Gasteiger partial charge on any atom is 0.0823 e. The molecule has 2 unspecified atom stereocenters. The van der Waals surface area contributed by atoms with Gasteiger partial charge in [0.2, 0.25) is 0 Å². The van der Waals surface area contributed by atoms with Crippen molar-refractivity contribution in [2.24, 2.45) is 0 Å². The Kier molecular flexibility index (Phi) is 3.69. The first-order valence-electron chi connectivity index (χ1n) is 6.70. The number of hydrogen-bond donors (Lipinski definition) is 1. The topological polar surface area (TPSA) is 15.3 Å². The fourth-order valence-electron chi connectivity index (χ4n) is 3.23. The molecular weight excluding hydrogens is 267 g/mol. The van der Waals surface area contributed by atoms with Crippen molar-refractivity contribution in [3.05, 3.63) is 28.2 Å². The third-order valence-electron chi connectivity index (χ3n) is 4.15. The van der Waals surface area contributed by atoms with Gasteiger partial charge in [0.25, 0.3) is 0 Å². The Balaban J connectivity index is 1.74. The van der Waals surface area contributed by atoms with Gasteiger partial charge in [0.05, 0.1) is 15.7 Å². The summed E-state index contributed by atoms with van der Waals surface area (Å²) in [5, 5.41) is 4.86. The summed E-state index contributed by atoms with van der Waals surface area (Å²) in [6.07, 6.45) is 5.20. The molecule has 0 aromatic heterocycles.